The van der Waals surface area contributed by atoms with Gasteiger partial charge in [0.05, 0.1) is 12.0 Å². The van der Waals surface area contributed by atoms with Crippen molar-refractivity contribution in [1.82, 2.24) is 9.97 Å². The summed E-state index contributed by atoms with van der Waals surface area (Å²) in [5, 5.41) is 6.28. The van der Waals surface area contributed by atoms with E-state index >= 15 is 0 Å². The molecule has 0 aliphatic carbocycles. The van der Waals surface area contributed by atoms with Gasteiger partial charge >= 0.3 is 0 Å². The Balaban J connectivity index is 2.03. The van der Waals surface area contributed by atoms with Crippen molar-refractivity contribution in [1.29, 1.82) is 0 Å². The molecule has 21 heavy (non-hydrogen) atoms. The smallest absolute Gasteiger partial charge is 0.240 e. The van der Waals surface area contributed by atoms with Gasteiger partial charge in [0.2, 0.25) is 5.95 Å². The number of fused-ring (bicyclic) bond motifs is 1. The van der Waals surface area contributed by atoms with Crippen LogP contribution in [0.1, 0.15) is 5.56 Å². The molecule has 0 atom stereocenters. The van der Waals surface area contributed by atoms with E-state index in [-0.39, 0.29) is 0 Å². The molecule has 0 spiro atoms. The Morgan fingerprint density at radius 2 is 2.10 bits per heavy atom. The van der Waals surface area contributed by atoms with Gasteiger partial charge in [-0.15, -0.1) is 11.3 Å². The Bertz CT molecular complexity index is 758. The van der Waals surface area contributed by atoms with E-state index in [9.17, 15) is 0 Å². The first kappa shape index (κ1) is 13.7. The number of rotatable bonds is 5. The molecule has 0 aliphatic heterocycles. The number of nitrogen functional groups attached to an aromatic ring is 1. The minimum Gasteiger partial charge on any atom is -0.380 e. The summed E-state index contributed by atoms with van der Waals surface area (Å²) in [5.74, 6) is 6.54. The van der Waals surface area contributed by atoms with E-state index in [1.807, 2.05) is 35.7 Å². The number of nitrogens with one attached hydrogen (secondary N) is 2. The van der Waals surface area contributed by atoms with E-state index in [4.69, 9.17) is 10.6 Å². The second-order valence-electron chi connectivity index (χ2n) is 4.39. The number of nitrogens with zero attached hydrogens (tertiary/aromatic N) is 2. The summed E-state index contributed by atoms with van der Waals surface area (Å²) in [4.78, 5) is 9.60. The number of nitrogens with two attached hydrogens (primary N) is 1. The molecular weight excluding hydrogens is 286 g/mol. The molecular formula is C14H15N5OS. The molecule has 1 aromatic carbocycles. The Hall–Kier alpha value is -2.22. The number of aromatic nitrogens is 2. The van der Waals surface area contributed by atoms with Crippen molar-refractivity contribution in [2.45, 2.75) is 6.61 Å². The minimum atomic E-state index is 0.386. The topological polar surface area (TPSA) is 85.1 Å². The third kappa shape index (κ3) is 2.80. The zero-order valence-electron chi connectivity index (χ0n) is 11.5. The number of hydrogen-bond donors (Lipinski definition) is 3. The van der Waals surface area contributed by atoms with E-state index in [1.54, 1.807) is 18.4 Å². The van der Waals surface area contributed by atoms with Gasteiger partial charge in [0, 0.05) is 18.4 Å². The molecule has 2 heterocycles. The maximum atomic E-state index is 5.43. The van der Waals surface area contributed by atoms with Crippen molar-refractivity contribution in [2.75, 3.05) is 17.9 Å². The highest BCUT2D eigenvalue weighted by atomic mass is 32.1. The molecule has 0 bridgehead atoms. The lowest BCUT2D eigenvalue weighted by Gasteiger charge is -2.12. The number of benzene rings is 1. The molecule has 0 fully saturated rings. The first-order chi connectivity index (χ1) is 10.3. The van der Waals surface area contributed by atoms with Crippen LogP contribution in [0.15, 0.2) is 35.7 Å². The minimum absolute atomic E-state index is 0.386. The van der Waals surface area contributed by atoms with Crippen molar-refractivity contribution in [3.63, 3.8) is 0 Å². The Morgan fingerprint density at radius 3 is 2.90 bits per heavy atom. The van der Waals surface area contributed by atoms with Crippen LogP contribution in [0.25, 0.3) is 10.2 Å². The van der Waals surface area contributed by atoms with Crippen LogP contribution in [0.4, 0.5) is 17.5 Å². The van der Waals surface area contributed by atoms with E-state index < -0.39 is 0 Å². The summed E-state index contributed by atoms with van der Waals surface area (Å²) in [5.41, 5.74) is 4.51. The predicted octanol–water partition coefficient (Wildman–Crippen LogP) is 2.87. The maximum Gasteiger partial charge on any atom is 0.240 e. The van der Waals surface area contributed by atoms with Crippen LogP contribution in [0, 0.1) is 0 Å². The average Bonchev–Trinajstić information content (AvgIpc) is 2.98. The molecule has 108 valence electrons. The summed E-state index contributed by atoms with van der Waals surface area (Å²) < 4.78 is 5.22. The normalized spacial score (nSPS) is 10.8. The SMILES string of the molecule is COCc1ccccc1Nc1nc(NN)nc2sccc12. The Kier molecular flexibility index (Phi) is 3.96. The van der Waals surface area contributed by atoms with Crippen LogP contribution in [-0.4, -0.2) is 17.1 Å². The van der Waals surface area contributed by atoms with Crippen molar-refractivity contribution in [3.05, 3.63) is 41.3 Å². The fourth-order valence-corrected chi connectivity index (χ4v) is 2.83. The van der Waals surface area contributed by atoms with Gasteiger partial charge in [-0.25, -0.2) is 10.8 Å². The van der Waals surface area contributed by atoms with E-state index in [1.165, 1.54) is 0 Å². The number of para-hydroxylation sites is 1. The van der Waals surface area contributed by atoms with Gasteiger partial charge in [0.15, 0.2) is 0 Å². The number of hydrazine groups is 1. The maximum absolute atomic E-state index is 5.43. The van der Waals surface area contributed by atoms with E-state index in [0.717, 1.165) is 27.3 Å². The van der Waals surface area contributed by atoms with Crippen LogP contribution in [0.2, 0.25) is 0 Å². The van der Waals surface area contributed by atoms with Crippen LogP contribution in [0.3, 0.4) is 0 Å². The first-order valence-electron chi connectivity index (χ1n) is 6.37. The Labute approximate surface area is 126 Å². The molecule has 4 N–H and O–H groups in total. The van der Waals surface area contributed by atoms with Gasteiger partial charge in [-0.3, -0.25) is 5.43 Å². The molecule has 3 aromatic rings. The molecule has 0 amide bonds. The van der Waals surface area contributed by atoms with Crippen LogP contribution in [-0.2, 0) is 11.3 Å². The zero-order valence-corrected chi connectivity index (χ0v) is 12.3. The number of anilines is 3. The highest BCUT2D eigenvalue weighted by molar-refractivity contribution is 7.16. The lowest BCUT2D eigenvalue weighted by molar-refractivity contribution is 0.185. The molecule has 6 nitrogen and oxygen atoms in total. The zero-order chi connectivity index (χ0) is 14.7. The summed E-state index contributed by atoms with van der Waals surface area (Å²) in [6.45, 7) is 0.531. The molecule has 0 saturated carbocycles. The molecule has 0 radical (unpaired) electrons. The second-order valence-corrected chi connectivity index (χ2v) is 5.29. The first-order valence-corrected chi connectivity index (χ1v) is 7.25. The Morgan fingerprint density at radius 1 is 1.24 bits per heavy atom. The fraction of sp³-hybridized carbons (Fsp3) is 0.143. The third-order valence-electron chi connectivity index (χ3n) is 3.02. The molecule has 0 aliphatic rings. The standard InChI is InChI=1S/C14H15N5OS/c1-20-8-9-4-2-3-5-11(9)16-12-10-6-7-21-13(10)18-14(17-12)19-15/h2-7H,8,15H2,1H3,(H2,16,17,18,19). The number of ether oxygens (including phenoxy) is 1. The van der Waals surface area contributed by atoms with E-state index in [0.29, 0.717) is 12.6 Å². The molecule has 7 heteroatoms. The quantitative estimate of drug-likeness (QED) is 0.496. The van der Waals surface area contributed by atoms with Crippen LogP contribution in [0.5, 0.6) is 0 Å². The van der Waals surface area contributed by atoms with Crippen molar-refractivity contribution < 1.29 is 4.74 Å². The highest BCUT2D eigenvalue weighted by Gasteiger charge is 2.10. The lowest BCUT2D eigenvalue weighted by Crippen LogP contribution is -2.11. The molecule has 2 aromatic heterocycles. The lowest BCUT2D eigenvalue weighted by atomic mass is 10.2. The van der Waals surface area contributed by atoms with Gasteiger partial charge in [-0.1, -0.05) is 18.2 Å². The number of thiophene rings is 1. The van der Waals surface area contributed by atoms with Crippen molar-refractivity contribution in [3.8, 4) is 0 Å². The van der Waals surface area contributed by atoms with Gasteiger partial charge in [-0.2, -0.15) is 4.98 Å². The van der Waals surface area contributed by atoms with Gasteiger partial charge in [0.1, 0.15) is 10.6 Å². The average molecular weight is 301 g/mol. The largest absolute Gasteiger partial charge is 0.380 e. The molecule has 0 saturated heterocycles. The fourth-order valence-electron chi connectivity index (χ4n) is 2.07. The third-order valence-corrected chi connectivity index (χ3v) is 3.83. The summed E-state index contributed by atoms with van der Waals surface area (Å²) in [6.07, 6.45) is 0. The van der Waals surface area contributed by atoms with Gasteiger partial charge in [-0.05, 0) is 17.5 Å². The summed E-state index contributed by atoms with van der Waals surface area (Å²) in [7, 11) is 1.68. The summed E-state index contributed by atoms with van der Waals surface area (Å²) in [6, 6.07) is 9.94. The van der Waals surface area contributed by atoms with Crippen LogP contribution >= 0.6 is 11.3 Å². The highest BCUT2D eigenvalue weighted by Crippen LogP contribution is 2.29. The van der Waals surface area contributed by atoms with E-state index in [2.05, 4.69) is 20.7 Å². The monoisotopic (exact) mass is 301 g/mol. The van der Waals surface area contributed by atoms with Crippen molar-refractivity contribution >= 4 is 39.0 Å². The second kappa shape index (κ2) is 6.04. The van der Waals surface area contributed by atoms with Crippen LogP contribution < -0.4 is 16.6 Å². The van der Waals surface area contributed by atoms with Crippen molar-refractivity contribution in [2.24, 2.45) is 5.84 Å². The summed E-state index contributed by atoms with van der Waals surface area (Å²) >= 11 is 1.54. The van der Waals surface area contributed by atoms with Gasteiger partial charge in [0.25, 0.3) is 0 Å². The molecule has 3 rings (SSSR count). The molecule has 0 unspecified atom stereocenters. The number of methoxy groups -OCH3 is 1. The predicted molar refractivity (Wildman–Crippen MR) is 85.7 cm³/mol. The van der Waals surface area contributed by atoms with Gasteiger partial charge < -0.3 is 10.1 Å². The number of hydrogen-bond acceptors (Lipinski definition) is 7.